The standard InChI is InChI=1S/C13H7FN4O.C3H8.C2H6.CH5N/c14-12-2-1-8(5-16-12)11-3-10(19)7-18-13(11)9(4-15)6-17-18;1-3-2;2*1-2/h1-3,5-7,19H;3H2,1-2H3;1-2H3;2H2,1H3. The molecule has 3 aromatic heterocycles. The van der Waals surface area contributed by atoms with Crippen molar-refractivity contribution in [2.45, 2.75) is 34.1 Å². The van der Waals surface area contributed by atoms with Crippen LogP contribution in [0.3, 0.4) is 0 Å². The topological polar surface area (TPSA) is 100 Å². The SMILES string of the molecule is CC.CCC.CN.N#Cc1cnn2cc(O)cc(-c3ccc(F)nc3)c12. The highest BCUT2D eigenvalue weighted by molar-refractivity contribution is 5.84. The number of nitriles is 1. The van der Waals surface area contributed by atoms with Gasteiger partial charge in [0.05, 0.1) is 23.5 Å². The first-order chi connectivity index (χ1) is 12.6. The first-order valence-corrected chi connectivity index (χ1v) is 8.40. The number of aromatic nitrogens is 3. The van der Waals surface area contributed by atoms with E-state index in [0.717, 1.165) is 0 Å². The summed E-state index contributed by atoms with van der Waals surface area (Å²) < 4.78 is 14.3. The summed E-state index contributed by atoms with van der Waals surface area (Å²) in [7, 11) is 1.50. The van der Waals surface area contributed by atoms with Crippen molar-refractivity contribution >= 4 is 5.52 Å². The van der Waals surface area contributed by atoms with Crippen LogP contribution in [0.5, 0.6) is 5.75 Å². The van der Waals surface area contributed by atoms with Gasteiger partial charge in [-0.2, -0.15) is 14.8 Å². The van der Waals surface area contributed by atoms with E-state index in [1.807, 2.05) is 19.9 Å². The molecule has 0 saturated carbocycles. The minimum Gasteiger partial charge on any atom is -0.506 e. The molecule has 0 saturated heterocycles. The van der Waals surface area contributed by atoms with Crippen LogP contribution in [0.15, 0.2) is 36.8 Å². The highest BCUT2D eigenvalue weighted by atomic mass is 19.1. The molecule has 0 spiro atoms. The van der Waals surface area contributed by atoms with Crippen LogP contribution >= 0.6 is 0 Å². The zero-order valence-electron chi connectivity index (χ0n) is 15.9. The second-order valence-corrected chi connectivity index (χ2v) is 4.65. The van der Waals surface area contributed by atoms with Crippen LogP contribution in [-0.2, 0) is 0 Å². The number of fused-ring (bicyclic) bond motifs is 1. The van der Waals surface area contributed by atoms with Crippen LogP contribution in [-0.4, -0.2) is 26.8 Å². The first kappa shape index (κ1) is 23.0. The third-order valence-electron chi connectivity index (χ3n) is 2.76. The average Bonchev–Trinajstić information content (AvgIpc) is 3.08. The van der Waals surface area contributed by atoms with E-state index in [9.17, 15) is 9.50 Å². The third-order valence-corrected chi connectivity index (χ3v) is 2.76. The number of hydrogen-bond acceptors (Lipinski definition) is 5. The quantitative estimate of drug-likeness (QED) is 0.636. The molecule has 3 heterocycles. The largest absolute Gasteiger partial charge is 0.506 e. The molecule has 6 nitrogen and oxygen atoms in total. The molecule has 140 valence electrons. The minimum atomic E-state index is -0.589. The maximum atomic E-state index is 12.9. The number of aromatic hydroxyl groups is 1. The van der Waals surface area contributed by atoms with E-state index in [1.165, 1.54) is 54.8 Å². The normalized spacial score (nSPS) is 8.85. The molecular formula is C19H26FN5O. The summed E-state index contributed by atoms with van der Waals surface area (Å²) in [5.74, 6) is -0.589. The molecule has 0 radical (unpaired) electrons. The Hall–Kier alpha value is -2.98. The van der Waals surface area contributed by atoms with Crippen molar-refractivity contribution in [1.29, 1.82) is 5.26 Å². The Morgan fingerprint density at radius 2 is 1.85 bits per heavy atom. The predicted octanol–water partition coefficient (Wildman–Crippen LogP) is 4.13. The summed E-state index contributed by atoms with van der Waals surface area (Å²) in [6.45, 7) is 8.25. The van der Waals surface area contributed by atoms with E-state index >= 15 is 0 Å². The molecule has 0 bridgehead atoms. The lowest BCUT2D eigenvalue weighted by Crippen LogP contribution is -1.91. The Morgan fingerprint density at radius 3 is 2.35 bits per heavy atom. The summed E-state index contributed by atoms with van der Waals surface area (Å²) in [5, 5.41) is 22.7. The molecule has 0 fully saturated rings. The zero-order chi connectivity index (χ0) is 20.1. The Balaban J connectivity index is 0.000000793. The summed E-state index contributed by atoms with van der Waals surface area (Å²) >= 11 is 0. The highest BCUT2D eigenvalue weighted by Gasteiger charge is 2.12. The molecule has 0 atom stereocenters. The number of hydrogen-bond donors (Lipinski definition) is 2. The van der Waals surface area contributed by atoms with Crippen LogP contribution in [0, 0.1) is 17.3 Å². The molecule has 0 amide bonds. The van der Waals surface area contributed by atoms with Gasteiger partial charge in [0.15, 0.2) is 0 Å². The van der Waals surface area contributed by atoms with E-state index in [2.05, 4.69) is 29.7 Å². The lowest BCUT2D eigenvalue weighted by Gasteiger charge is -2.05. The van der Waals surface area contributed by atoms with E-state index in [1.54, 1.807) is 0 Å². The fourth-order valence-electron chi connectivity index (χ4n) is 1.94. The molecule has 0 aliphatic carbocycles. The molecule has 0 aliphatic heterocycles. The van der Waals surface area contributed by atoms with Crippen LogP contribution in [0.2, 0.25) is 0 Å². The number of nitrogens with two attached hydrogens (primary N) is 1. The van der Waals surface area contributed by atoms with Crippen LogP contribution in [0.4, 0.5) is 4.39 Å². The molecule has 3 N–H and O–H groups in total. The van der Waals surface area contributed by atoms with Crippen molar-refractivity contribution in [3.63, 3.8) is 0 Å². The Bertz CT molecular complexity index is 822. The van der Waals surface area contributed by atoms with Gasteiger partial charge in [-0.05, 0) is 25.2 Å². The second kappa shape index (κ2) is 12.4. The second-order valence-electron chi connectivity index (χ2n) is 4.65. The van der Waals surface area contributed by atoms with E-state index in [-0.39, 0.29) is 5.75 Å². The minimum absolute atomic E-state index is 0.000542. The Labute approximate surface area is 153 Å². The molecule has 0 aromatic carbocycles. The van der Waals surface area contributed by atoms with Gasteiger partial charge in [0.1, 0.15) is 11.8 Å². The number of rotatable bonds is 1. The Kier molecular flexibility index (Phi) is 11.0. The first-order valence-electron chi connectivity index (χ1n) is 8.40. The monoisotopic (exact) mass is 359 g/mol. The third kappa shape index (κ3) is 5.83. The van der Waals surface area contributed by atoms with Gasteiger partial charge < -0.3 is 10.8 Å². The highest BCUT2D eigenvalue weighted by Crippen LogP contribution is 2.29. The van der Waals surface area contributed by atoms with E-state index in [0.29, 0.717) is 22.2 Å². The van der Waals surface area contributed by atoms with Crippen molar-refractivity contribution in [2.75, 3.05) is 7.05 Å². The van der Waals surface area contributed by atoms with Gasteiger partial charge in [-0.3, -0.25) is 0 Å². The van der Waals surface area contributed by atoms with Crippen molar-refractivity contribution in [1.82, 2.24) is 14.6 Å². The molecule has 0 aliphatic rings. The summed E-state index contributed by atoms with van der Waals surface area (Å²) in [4.78, 5) is 3.57. The zero-order valence-corrected chi connectivity index (χ0v) is 15.9. The lowest BCUT2D eigenvalue weighted by molar-refractivity contribution is 0.471. The number of pyridine rings is 2. The van der Waals surface area contributed by atoms with Gasteiger partial charge in [-0.15, -0.1) is 0 Å². The summed E-state index contributed by atoms with van der Waals surface area (Å²) in [5.41, 5.74) is 6.59. The predicted molar refractivity (Wildman–Crippen MR) is 102 cm³/mol. The van der Waals surface area contributed by atoms with Gasteiger partial charge >= 0.3 is 0 Å². The van der Waals surface area contributed by atoms with Gasteiger partial charge in [0, 0.05) is 17.3 Å². The van der Waals surface area contributed by atoms with Crippen LogP contribution in [0.1, 0.15) is 39.7 Å². The molecule has 3 rings (SSSR count). The van der Waals surface area contributed by atoms with Crippen LogP contribution < -0.4 is 5.73 Å². The lowest BCUT2D eigenvalue weighted by atomic mass is 10.1. The smallest absolute Gasteiger partial charge is 0.212 e. The molecule has 3 aromatic rings. The van der Waals surface area contributed by atoms with E-state index in [4.69, 9.17) is 5.26 Å². The maximum Gasteiger partial charge on any atom is 0.212 e. The van der Waals surface area contributed by atoms with Gasteiger partial charge in [0.2, 0.25) is 5.95 Å². The van der Waals surface area contributed by atoms with Crippen molar-refractivity contribution in [2.24, 2.45) is 5.73 Å². The van der Waals surface area contributed by atoms with E-state index < -0.39 is 5.95 Å². The summed E-state index contributed by atoms with van der Waals surface area (Å²) in [6, 6.07) is 6.28. The van der Waals surface area contributed by atoms with Crippen molar-refractivity contribution in [3.05, 3.63) is 48.3 Å². The fourth-order valence-corrected chi connectivity index (χ4v) is 1.94. The van der Waals surface area contributed by atoms with Crippen molar-refractivity contribution in [3.8, 4) is 22.9 Å². The van der Waals surface area contributed by atoms with Crippen LogP contribution in [0.25, 0.3) is 16.6 Å². The summed E-state index contributed by atoms with van der Waals surface area (Å²) in [6.07, 6.45) is 5.41. The van der Waals surface area contributed by atoms with Gasteiger partial charge in [-0.1, -0.05) is 34.1 Å². The van der Waals surface area contributed by atoms with Gasteiger partial charge in [-0.25, -0.2) is 9.50 Å². The number of halogens is 1. The maximum absolute atomic E-state index is 12.9. The average molecular weight is 359 g/mol. The molecule has 26 heavy (non-hydrogen) atoms. The van der Waals surface area contributed by atoms with Crippen molar-refractivity contribution < 1.29 is 9.50 Å². The fraction of sp³-hybridized carbons (Fsp3) is 0.316. The molecule has 0 unspecified atom stereocenters. The van der Waals surface area contributed by atoms with Gasteiger partial charge in [0.25, 0.3) is 0 Å². The molecule has 7 heteroatoms. The Morgan fingerprint density at radius 1 is 1.23 bits per heavy atom. The molecular weight excluding hydrogens is 333 g/mol. The number of nitrogens with zero attached hydrogens (tertiary/aromatic N) is 4.